The predicted molar refractivity (Wildman–Crippen MR) is 50.9 cm³/mol. The molecule has 0 aliphatic heterocycles. The Bertz CT molecular complexity index is 319. The van der Waals surface area contributed by atoms with E-state index in [1.54, 1.807) is 6.92 Å². The van der Waals surface area contributed by atoms with E-state index in [1.165, 1.54) is 11.8 Å². The van der Waals surface area contributed by atoms with E-state index in [9.17, 15) is 4.79 Å². The maximum Gasteiger partial charge on any atom is 0.190 e. The van der Waals surface area contributed by atoms with E-state index in [1.807, 2.05) is 24.3 Å². The highest BCUT2D eigenvalue weighted by atomic mass is 32.2. The summed E-state index contributed by atoms with van der Waals surface area (Å²) in [5.74, 6) is 2.51. The van der Waals surface area contributed by atoms with Gasteiger partial charge in [-0.2, -0.15) is 0 Å². The molecular weight excluding hydrogens is 168 g/mol. The van der Waals surface area contributed by atoms with Crippen molar-refractivity contribution in [3.63, 3.8) is 0 Å². The Morgan fingerprint density at radius 3 is 2.42 bits per heavy atom. The zero-order chi connectivity index (χ0) is 8.97. The Kier molecular flexibility index (Phi) is 2.95. The lowest BCUT2D eigenvalue weighted by Crippen LogP contribution is -1.81. The van der Waals surface area contributed by atoms with Crippen molar-refractivity contribution in [3.05, 3.63) is 29.8 Å². The summed E-state index contributed by atoms with van der Waals surface area (Å²) in [6.45, 7) is 1.54. The van der Waals surface area contributed by atoms with E-state index < -0.39 is 0 Å². The second kappa shape index (κ2) is 3.99. The molecule has 0 bridgehead atoms. The van der Waals surface area contributed by atoms with E-state index in [0.717, 1.165) is 10.5 Å². The molecule has 1 nitrogen and oxygen atoms in total. The zero-order valence-corrected chi connectivity index (χ0v) is 7.52. The Labute approximate surface area is 76.2 Å². The smallest absolute Gasteiger partial charge is 0.190 e. The minimum Gasteiger partial charge on any atom is -0.287 e. The number of hydrogen-bond acceptors (Lipinski definition) is 2. The van der Waals surface area contributed by atoms with E-state index in [2.05, 4.69) is 5.92 Å². The molecule has 0 spiro atoms. The molecule has 0 amide bonds. The number of hydrogen-bond donors (Lipinski definition) is 0. The summed E-state index contributed by atoms with van der Waals surface area (Å²) in [5.41, 5.74) is 0.836. The lowest BCUT2D eigenvalue weighted by molar-refractivity contribution is -0.109. The third-order valence-electron chi connectivity index (χ3n) is 1.28. The summed E-state index contributed by atoms with van der Waals surface area (Å²) >= 11 is 1.21. The quantitative estimate of drug-likeness (QED) is 0.482. The molecule has 0 fully saturated rings. The summed E-state index contributed by atoms with van der Waals surface area (Å²) in [5, 5.41) is 0.0865. The van der Waals surface area contributed by atoms with Crippen molar-refractivity contribution in [1.29, 1.82) is 0 Å². The highest BCUT2D eigenvalue weighted by Crippen LogP contribution is 2.18. The van der Waals surface area contributed by atoms with Gasteiger partial charge in [0.15, 0.2) is 5.12 Å². The maximum atomic E-state index is 10.7. The normalized spacial score (nSPS) is 9.00. The van der Waals surface area contributed by atoms with Gasteiger partial charge in [0.1, 0.15) is 0 Å². The highest BCUT2D eigenvalue weighted by Gasteiger charge is 1.96. The van der Waals surface area contributed by atoms with Gasteiger partial charge in [-0.1, -0.05) is 17.7 Å². The molecule has 1 rings (SSSR count). The van der Waals surface area contributed by atoms with E-state index in [0.29, 0.717) is 0 Å². The van der Waals surface area contributed by atoms with Crippen molar-refractivity contribution in [2.45, 2.75) is 11.8 Å². The van der Waals surface area contributed by atoms with Gasteiger partial charge < -0.3 is 0 Å². The second-order valence-electron chi connectivity index (χ2n) is 2.26. The predicted octanol–water partition coefficient (Wildman–Crippen LogP) is 2.31. The first-order chi connectivity index (χ1) is 5.72. The van der Waals surface area contributed by atoms with Gasteiger partial charge in [0.05, 0.1) is 0 Å². The van der Waals surface area contributed by atoms with Gasteiger partial charge in [-0.3, -0.25) is 4.79 Å². The molecule has 0 saturated heterocycles. The van der Waals surface area contributed by atoms with Crippen LogP contribution in [0.15, 0.2) is 29.2 Å². The second-order valence-corrected chi connectivity index (χ2v) is 3.51. The van der Waals surface area contributed by atoms with Crippen molar-refractivity contribution in [1.82, 2.24) is 0 Å². The first kappa shape index (κ1) is 8.89. The average molecular weight is 176 g/mol. The topological polar surface area (TPSA) is 17.1 Å². The molecule has 0 N–H and O–H groups in total. The standard InChI is InChI=1S/C10H8OS/c1-3-9-4-6-10(7-5-9)12-8(2)11/h1,4-7H,2H3. The van der Waals surface area contributed by atoms with Gasteiger partial charge in [0.25, 0.3) is 0 Å². The number of benzene rings is 1. The molecule has 2 heteroatoms. The number of terminal acetylenes is 1. The highest BCUT2D eigenvalue weighted by molar-refractivity contribution is 8.13. The molecule has 0 atom stereocenters. The van der Waals surface area contributed by atoms with Crippen molar-refractivity contribution in [2.75, 3.05) is 0 Å². The Balaban J connectivity index is 2.80. The van der Waals surface area contributed by atoms with Gasteiger partial charge in [-0.05, 0) is 24.3 Å². The molecular formula is C10H8OS. The van der Waals surface area contributed by atoms with Crippen LogP contribution in [0.25, 0.3) is 0 Å². The van der Waals surface area contributed by atoms with Crippen molar-refractivity contribution in [2.24, 2.45) is 0 Å². The van der Waals surface area contributed by atoms with E-state index in [-0.39, 0.29) is 5.12 Å². The summed E-state index contributed by atoms with van der Waals surface area (Å²) in [4.78, 5) is 11.6. The van der Waals surface area contributed by atoms with Crippen LogP contribution < -0.4 is 0 Å². The molecule has 0 heterocycles. The first-order valence-corrected chi connectivity index (χ1v) is 4.29. The van der Waals surface area contributed by atoms with Crippen molar-refractivity contribution in [3.8, 4) is 12.3 Å². The minimum absolute atomic E-state index is 0.0865. The fraction of sp³-hybridized carbons (Fsp3) is 0.100. The van der Waals surface area contributed by atoms with Crippen LogP contribution in [0.2, 0.25) is 0 Å². The van der Waals surface area contributed by atoms with Gasteiger partial charge in [-0.25, -0.2) is 0 Å². The largest absolute Gasteiger partial charge is 0.287 e. The van der Waals surface area contributed by atoms with Gasteiger partial charge in [0.2, 0.25) is 0 Å². The number of carbonyl (C=O) groups excluding carboxylic acids is 1. The molecule has 0 radical (unpaired) electrons. The molecule has 0 saturated carbocycles. The third-order valence-corrected chi connectivity index (χ3v) is 2.08. The minimum atomic E-state index is 0.0865. The Hall–Kier alpha value is -1.20. The van der Waals surface area contributed by atoms with E-state index in [4.69, 9.17) is 6.42 Å². The van der Waals surface area contributed by atoms with Crippen molar-refractivity contribution < 1.29 is 4.79 Å². The summed E-state index contributed by atoms with van der Waals surface area (Å²) < 4.78 is 0. The first-order valence-electron chi connectivity index (χ1n) is 3.47. The molecule has 1 aromatic carbocycles. The Morgan fingerprint density at radius 1 is 1.42 bits per heavy atom. The molecule has 0 aliphatic rings. The molecule has 60 valence electrons. The molecule has 0 aliphatic carbocycles. The fourth-order valence-electron chi connectivity index (χ4n) is 0.785. The van der Waals surface area contributed by atoms with Crippen LogP contribution in [0, 0.1) is 12.3 Å². The summed E-state index contributed by atoms with van der Waals surface area (Å²) in [7, 11) is 0. The lowest BCUT2D eigenvalue weighted by Gasteiger charge is -1.95. The van der Waals surface area contributed by atoms with Crippen LogP contribution in [0.1, 0.15) is 12.5 Å². The summed E-state index contributed by atoms with van der Waals surface area (Å²) in [6.07, 6.45) is 5.18. The third kappa shape index (κ3) is 2.44. The van der Waals surface area contributed by atoms with Crippen LogP contribution in [0.4, 0.5) is 0 Å². The SMILES string of the molecule is C#Cc1ccc(SC(C)=O)cc1. The molecule has 0 unspecified atom stereocenters. The lowest BCUT2D eigenvalue weighted by atomic mass is 10.2. The van der Waals surface area contributed by atoms with Crippen LogP contribution >= 0.6 is 11.8 Å². The average Bonchev–Trinajstić information content (AvgIpc) is 2.05. The fourth-order valence-corrected chi connectivity index (χ4v) is 1.39. The Morgan fingerprint density at radius 2 is 2.00 bits per heavy atom. The number of carbonyl (C=O) groups is 1. The van der Waals surface area contributed by atoms with Crippen LogP contribution in [-0.4, -0.2) is 5.12 Å². The van der Waals surface area contributed by atoms with Gasteiger partial charge >= 0.3 is 0 Å². The van der Waals surface area contributed by atoms with Crippen LogP contribution in [0.5, 0.6) is 0 Å². The number of rotatable bonds is 1. The molecule has 0 aromatic heterocycles. The zero-order valence-electron chi connectivity index (χ0n) is 6.70. The van der Waals surface area contributed by atoms with Gasteiger partial charge in [0, 0.05) is 17.4 Å². The molecule has 12 heavy (non-hydrogen) atoms. The maximum absolute atomic E-state index is 10.7. The van der Waals surface area contributed by atoms with Crippen LogP contribution in [0.3, 0.4) is 0 Å². The monoisotopic (exact) mass is 176 g/mol. The number of thioether (sulfide) groups is 1. The molecule has 1 aromatic rings. The van der Waals surface area contributed by atoms with E-state index >= 15 is 0 Å². The van der Waals surface area contributed by atoms with Crippen LogP contribution in [-0.2, 0) is 4.79 Å². The van der Waals surface area contributed by atoms with Crippen molar-refractivity contribution >= 4 is 16.9 Å². The summed E-state index contributed by atoms with van der Waals surface area (Å²) in [6, 6.07) is 7.35. The van der Waals surface area contributed by atoms with Gasteiger partial charge in [-0.15, -0.1) is 6.42 Å².